The molecule has 5 heterocycles. The van der Waals surface area contributed by atoms with Gasteiger partial charge >= 0.3 is 5.97 Å². The molecule has 0 radical (unpaired) electrons. The van der Waals surface area contributed by atoms with Crippen LogP contribution in [0.5, 0.6) is 0 Å². The van der Waals surface area contributed by atoms with Gasteiger partial charge in [-0.05, 0) is 31.0 Å². The molecule has 6 rings (SSSR count). The van der Waals surface area contributed by atoms with Crippen LogP contribution in [-0.2, 0) is 20.8 Å². The molecule has 10 nitrogen and oxygen atoms in total. The third kappa shape index (κ3) is 4.69. The number of aromatic nitrogens is 5. The maximum absolute atomic E-state index is 12.9. The van der Waals surface area contributed by atoms with E-state index in [2.05, 4.69) is 39.0 Å². The minimum Gasteiger partial charge on any atom is -0.462 e. The first-order valence-corrected chi connectivity index (χ1v) is 13.5. The monoisotopic (exact) mass is 540 g/mol. The summed E-state index contributed by atoms with van der Waals surface area (Å²) in [5.74, 6) is 0.345. The van der Waals surface area contributed by atoms with Gasteiger partial charge in [0.05, 0.1) is 31.1 Å². The normalized spacial score (nSPS) is 17.4. The maximum atomic E-state index is 12.9. The number of carbonyl (C=O) groups excluding carboxylic acids is 1. The molecular formula is C30H32N6O4. The van der Waals surface area contributed by atoms with Crippen molar-refractivity contribution in [3.63, 3.8) is 0 Å². The zero-order valence-electron chi connectivity index (χ0n) is 22.9. The summed E-state index contributed by atoms with van der Waals surface area (Å²) in [7, 11) is 3.72. The number of benzene rings is 1. The molecule has 0 aliphatic carbocycles. The van der Waals surface area contributed by atoms with Crippen LogP contribution in [0.1, 0.15) is 35.3 Å². The minimum atomic E-state index is -0.451. The van der Waals surface area contributed by atoms with E-state index in [1.807, 2.05) is 37.4 Å². The number of ether oxygens (including phenoxy) is 3. The lowest BCUT2D eigenvalue weighted by Crippen LogP contribution is -2.35. The minimum absolute atomic E-state index is 0.0684. The fourth-order valence-corrected chi connectivity index (χ4v) is 5.43. The summed E-state index contributed by atoms with van der Waals surface area (Å²) < 4.78 is 20.7. The number of carbonyl (C=O) groups is 1. The van der Waals surface area contributed by atoms with Gasteiger partial charge in [0, 0.05) is 56.7 Å². The van der Waals surface area contributed by atoms with E-state index in [0.29, 0.717) is 36.7 Å². The molecule has 2 atom stereocenters. The highest BCUT2D eigenvalue weighted by atomic mass is 16.5. The highest BCUT2D eigenvalue weighted by Crippen LogP contribution is 2.36. The first-order chi connectivity index (χ1) is 19.6. The van der Waals surface area contributed by atoms with Crippen LogP contribution in [0.3, 0.4) is 0 Å². The van der Waals surface area contributed by atoms with Gasteiger partial charge in [0.25, 0.3) is 0 Å². The number of hydrogen-bond acceptors (Lipinski definition) is 8. The first kappa shape index (κ1) is 26.0. The van der Waals surface area contributed by atoms with Crippen molar-refractivity contribution in [2.75, 3.05) is 38.9 Å². The van der Waals surface area contributed by atoms with Crippen LogP contribution in [-0.4, -0.2) is 70.2 Å². The second-order valence-electron chi connectivity index (χ2n) is 9.89. The third-order valence-electron chi connectivity index (χ3n) is 7.40. The van der Waals surface area contributed by atoms with E-state index in [4.69, 9.17) is 24.2 Å². The molecule has 4 aromatic heterocycles. The van der Waals surface area contributed by atoms with Gasteiger partial charge in [0.15, 0.2) is 5.65 Å². The van der Waals surface area contributed by atoms with E-state index in [1.54, 1.807) is 24.7 Å². The van der Waals surface area contributed by atoms with E-state index in [0.717, 1.165) is 34.4 Å². The van der Waals surface area contributed by atoms with Crippen molar-refractivity contribution in [1.29, 1.82) is 0 Å². The number of pyridine rings is 1. The number of hydrogen-bond donors (Lipinski definition) is 0. The predicted molar refractivity (Wildman–Crippen MR) is 151 cm³/mol. The summed E-state index contributed by atoms with van der Waals surface area (Å²) in [6, 6.07) is 16.3. The molecule has 1 aromatic carbocycles. The molecule has 206 valence electrons. The molecule has 0 saturated carbocycles. The Balaban J connectivity index is 1.53. The number of esters is 1. The van der Waals surface area contributed by atoms with E-state index in [9.17, 15) is 4.79 Å². The highest BCUT2D eigenvalue weighted by molar-refractivity contribution is 5.98. The second kappa shape index (κ2) is 11.1. The Hall–Kier alpha value is -4.28. The van der Waals surface area contributed by atoms with Gasteiger partial charge in [-0.2, -0.15) is 9.61 Å². The zero-order chi connectivity index (χ0) is 27.6. The van der Waals surface area contributed by atoms with Crippen LogP contribution in [0.2, 0.25) is 0 Å². The zero-order valence-corrected chi connectivity index (χ0v) is 22.9. The molecule has 1 aliphatic heterocycles. The van der Waals surface area contributed by atoms with E-state index in [1.165, 1.54) is 6.20 Å². The van der Waals surface area contributed by atoms with Crippen molar-refractivity contribution in [3.8, 4) is 11.3 Å². The summed E-state index contributed by atoms with van der Waals surface area (Å²) in [6.45, 7) is 3.88. The first-order valence-electron chi connectivity index (χ1n) is 13.5. The lowest BCUT2D eigenvalue weighted by molar-refractivity contribution is -0.0592. The molecule has 0 amide bonds. The largest absolute Gasteiger partial charge is 0.462 e. The van der Waals surface area contributed by atoms with Crippen molar-refractivity contribution < 1.29 is 19.0 Å². The van der Waals surface area contributed by atoms with E-state index in [-0.39, 0.29) is 18.8 Å². The Morgan fingerprint density at radius 3 is 2.83 bits per heavy atom. The average molecular weight is 541 g/mol. The van der Waals surface area contributed by atoms with Gasteiger partial charge in [0.1, 0.15) is 23.1 Å². The molecule has 5 aromatic rings. The van der Waals surface area contributed by atoms with Crippen LogP contribution >= 0.6 is 0 Å². The van der Waals surface area contributed by atoms with Gasteiger partial charge in [-0.3, -0.25) is 0 Å². The summed E-state index contributed by atoms with van der Waals surface area (Å²) in [5, 5.41) is 5.51. The Kier molecular flexibility index (Phi) is 7.19. The lowest BCUT2D eigenvalue weighted by atomic mass is 10.1. The van der Waals surface area contributed by atoms with Crippen LogP contribution in [0.4, 0.5) is 5.82 Å². The second-order valence-corrected chi connectivity index (χ2v) is 9.89. The van der Waals surface area contributed by atoms with Crippen molar-refractivity contribution in [2.24, 2.45) is 0 Å². The number of methoxy groups -OCH3 is 1. The predicted octanol–water partition coefficient (Wildman–Crippen LogP) is 4.54. The Morgan fingerprint density at radius 1 is 1.18 bits per heavy atom. The molecule has 1 fully saturated rings. The number of fused-ring (bicyclic) bond motifs is 2. The Labute approximate surface area is 232 Å². The van der Waals surface area contributed by atoms with Crippen LogP contribution in [0.15, 0.2) is 67.1 Å². The molecule has 40 heavy (non-hydrogen) atoms. The molecule has 10 heteroatoms. The third-order valence-corrected chi connectivity index (χ3v) is 7.40. The van der Waals surface area contributed by atoms with Crippen molar-refractivity contribution >= 4 is 28.5 Å². The summed E-state index contributed by atoms with van der Waals surface area (Å²) >= 11 is 0. The van der Waals surface area contributed by atoms with Crippen molar-refractivity contribution in [3.05, 3.63) is 78.2 Å². The van der Waals surface area contributed by atoms with Crippen molar-refractivity contribution in [2.45, 2.75) is 32.0 Å². The van der Waals surface area contributed by atoms with Gasteiger partial charge in [-0.1, -0.05) is 30.3 Å². The van der Waals surface area contributed by atoms with Crippen LogP contribution < -0.4 is 4.90 Å². The molecular weight excluding hydrogens is 508 g/mol. The van der Waals surface area contributed by atoms with E-state index >= 15 is 0 Å². The quantitative estimate of drug-likeness (QED) is 0.265. The van der Waals surface area contributed by atoms with Crippen LogP contribution in [0, 0.1) is 0 Å². The molecule has 0 bridgehead atoms. The Bertz CT molecular complexity index is 1650. The number of nitrogens with zero attached hydrogens (tertiary/aromatic N) is 6. The standard InChI is InChI=1S/C30H32N6O4/c1-4-40-30(37)22-16-32-36-27(34(2)17-20-9-6-5-7-10-20)15-24(33-29(22)36)23-18-35(28-21(23)11-8-13-31-28)25-12-14-39-19-26(25)38-3/h5-11,13,15-16,18,25-26H,4,12,14,17,19H2,1-3H3. The molecule has 1 saturated heterocycles. The lowest BCUT2D eigenvalue weighted by Gasteiger charge is -2.31. The SMILES string of the molecule is CCOC(=O)c1cnn2c(N(C)Cc3ccccc3)cc(-c3cn(C4CCOCC4OC)c4ncccc34)nc12. The van der Waals surface area contributed by atoms with Crippen molar-refractivity contribution in [1.82, 2.24) is 24.1 Å². The smallest absolute Gasteiger partial charge is 0.343 e. The van der Waals surface area contributed by atoms with Gasteiger partial charge in [-0.15, -0.1) is 0 Å². The maximum Gasteiger partial charge on any atom is 0.343 e. The number of anilines is 1. The van der Waals surface area contributed by atoms with Gasteiger partial charge < -0.3 is 23.7 Å². The average Bonchev–Trinajstić information content (AvgIpc) is 3.59. The fourth-order valence-electron chi connectivity index (χ4n) is 5.43. The molecule has 2 unspecified atom stereocenters. The fraction of sp³-hybridized carbons (Fsp3) is 0.333. The molecule has 1 aliphatic rings. The Morgan fingerprint density at radius 2 is 2.02 bits per heavy atom. The summed E-state index contributed by atoms with van der Waals surface area (Å²) in [4.78, 5) is 24.7. The number of rotatable bonds is 8. The molecule has 0 spiro atoms. The van der Waals surface area contributed by atoms with Gasteiger partial charge in [0.2, 0.25) is 0 Å². The topological polar surface area (TPSA) is 96.0 Å². The van der Waals surface area contributed by atoms with Crippen LogP contribution in [0.25, 0.3) is 27.9 Å². The highest BCUT2D eigenvalue weighted by Gasteiger charge is 2.30. The summed E-state index contributed by atoms with van der Waals surface area (Å²) in [5.41, 5.74) is 4.40. The van der Waals surface area contributed by atoms with E-state index < -0.39 is 5.97 Å². The summed E-state index contributed by atoms with van der Waals surface area (Å²) in [6.07, 6.45) is 6.15. The molecule has 0 N–H and O–H groups in total. The van der Waals surface area contributed by atoms with Gasteiger partial charge in [-0.25, -0.2) is 14.8 Å².